The number of rotatable bonds is 6. The summed E-state index contributed by atoms with van der Waals surface area (Å²) >= 11 is 0. The second kappa shape index (κ2) is 20.6. The van der Waals surface area contributed by atoms with Crippen LogP contribution in [0.4, 0.5) is 34.1 Å². The maximum Gasteiger partial charge on any atom is 0.252 e. The van der Waals surface area contributed by atoms with E-state index in [1.54, 1.807) is 93.6 Å². The Bertz CT molecular complexity index is 7540. The van der Waals surface area contributed by atoms with Crippen LogP contribution in [0, 0.1) is 0 Å². The van der Waals surface area contributed by atoms with Gasteiger partial charge in [-0.05, 0) is 156 Å². The van der Waals surface area contributed by atoms with Gasteiger partial charge in [0.2, 0.25) is 0 Å². The van der Waals surface area contributed by atoms with E-state index in [9.17, 15) is 38.4 Å². The van der Waals surface area contributed by atoms with Crippen LogP contribution in [-0.4, -0.2) is 15.8 Å². The Labute approximate surface area is 609 Å². The normalized spacial score (nSPS) is 18.0. The summed E-state index contributed by atoms with van der Waals surface area (Å²) in [5.74, 6) is 0. The minimum absolute atomic E-state index is 0.0126. The van der Waals surface area contributed by atoms with Crippen molar-refractivity contribution in [3.8, 4) is 33.6 Å². The monoisotopic (exact) mass is 1280 g/mol. The molecule has 97 heavy (non-hydrogen) atoms. The van der Waals surface area contributed by atoms with Crippen molar-refractivity contribution < 1.29 is 52.7 Å². The van der Waals surface area contributed by atoms with E-state index >= 15 is 0 Å². The number of aromatic nitrogens is 2. The quantitative estimate of drug-likeness (QED) is 0.156. The molecule has 4 aromatic heterocycles. The fourth-order valence-corrected chi connectivity index (χ4v) is 14.6. The van der Waals surface area contributed by atoms with Crippen molar-refractivity contribution in [2.75, 3.05) is 9.80 Å². The minimum atomic E-state index is -2.04. The molecule has 0 fully saturated rings. The van der Waals surface area contributed by atoms with Crippen LogP contribution < -0.4 is 26.2 Å². The summed E-state index contributed by atoms with van der Waals surface area (Å²) in [4.78, 5) is 2.65. The molecule has 13 aromatic carbocycles. The number of anilines is 6. The molecule has 6 heterocycles. The smallest absolute Gasteiger partial charge is 0.252 e. The molecular formula is C90H71BN4O2. The van der Waals surface area contributed by atoms with Gasteiger partial charge in [-0.15, -0.1) is 0 Å². The minimum Gasteiger partial charge on any atom is -0.454 e. The number of furan rings is 2. The standard InChI is InChI=1S/C90H71BN4O2/c1-88(2,3)56-48-75-85-76(49-56)95(78-53-66(55-30-14-11-15-31-55)84(90(7,8)9)82-64-37-21-27-43-80(64)97-87(78)82)74-51-58(93-71-40-24-18-34-61(71)62-35-19-25-41-72(62)93)45-47-68(74)91(85)67-46-44-57(92-69-38-22-16-32-59(69)60-33-17-23-39-70(60)92)50-73(67)94(75)77-52-65(54-28-12-10-13-29-54)83(89(4,5)6)81-63-36-20-26-42-79(63)96-86(77)81/h10-53H,1-9H3/i16D,17D,18D,19D,20D,21D,22D,23D,24D,25D,26D,27D,32D,33D,34D,35D,36D,37D,38D,39D,40D,41D,42D,43D,44D,45D,46D,47D,50D,51D,52D,53D. The average molecular weight is 1280 g/mol. The number of fused-ring (bicyclic) bond motifs is 16. The Balaban J connectivity index is 1.13. The molecule has 6 nitrogen and oxygen atoms in total. The molecule has 0 atom stereocenters. The second-order valence-electron chi connectivity index (χ2n) is 27.5. The first-order chi connectivity index (χ1) is 60.4. The number of hydrogen-bond acceptors (Lipinski definition) is 4. The lowest BCUT2D eigenvalue weighted by atomic mass is 9.33. The van der Waals surface area contributed by atoms with Gasteiger partial charge in [-0.1, -0.05) is 244 Å². The summed E-state index contributed by atoms with van der Waals surface area (Å²) in [5.41, 5.74) is -11.2. The van der Waals surface area contributed by atoms with Gasteiger partial charge in [0, 0.05) is 77.2 Å². The zero-order valence-electron chi connectivity index (χ0n) is 85.6. The Morgan fingerprint density at radius 1 is 0.351 bits per heavy atom. The number of nitrogens with zero attached hydrogens (tertiary/aromatic N) is 4. The highest BCUT2D eigenvalue weighted by atomic mass is 16.3. The first-order valence-corrected chi connectivity index (χ1v) is 31.6. The van der Waals surface area contributed by atoms with E-state index in [1.165, 1.54) is 9.80 Å². The summed E-state index contributed by atoms with van der Waals surface area (Å²) in [5, 5.41) is -2.45. The highest BCUT2D eigenvalue weighted by Crippen LogP contribution is 2.56. The van der Waals surface area contributed by atoms with Crippen LogP contribution in [0.3, 0.4) is 0 Å². The molecule has 19 rings (SSSR count). The first kappa shape index (κ1) is 33.4. The SMILES string of the molecule is [2H]c1c([2H])c(-n2c3c([2H])c([2H])c([2H])c([2H])c3c3c([2H])c([2H])c([2H])c([2H])c32)c([2H])c2c1B1c3c(cc(C(C)(C)C)cc3N(c3c([2H])c(-c4ccccc4)c(C(C)(C)C)c4c3oc3c([2H])c([2H])c([2H])c([2H])c34)c3c([2H])c(-n4c5c([2H])c([2H])c([2H])c([2H])c5c5c([2H])c([2H])c([2H])c([2H])c54)c([2H])c([2H])c31)N2c1c([2H])c(-c2ccccc2)c(C(C)(C)C)c2c1oc1c([2H])c([2H])c([2H])c([2H])c12. The molecule has 0 amide bonds. The third kappa shape index (κ3) is 8.40. The summed E-state index contributed by atoms with van der Waals surface area (Å²) in [7, 11) is 0. The van der Waals surface area contributed by atoms with E-state index in [4.69, 9.17) is 14.3 Å². The third-order valence-corrected chi connectivity index (χ3v) is 18.6. The van der Waals surface area contributed by atoms with Gasteiger partial charge in [0.25, 0.3) is 6.71 Å². The van der Waals surface area contributed by atoms with Gasteiger partial charge in [-0.2, -0.15) is 0 Å². The Kier molecular flexibility index (Phi) is 7.10. The van der Waals surface area contributed by atoms with Gasteiger partial charge in [-0.25, -0.2) is 0 Å². The summed E-state index contributed by atoms with van der Waals surface area (Å²) in [6.07, 6.45) is 0. The van der Waals surface area contributed by atoms with Crippen LogP contribution in [0.25, 0.3) is 121 Å². The highest BCUT2D eigenvalue weighted by Gasteiger charge is 2.47. The average Bonchev–Trinajstić information content (AvgIpc) is 1.66. The zero-order valence-corrected chi connectivity index (χ0v) is 53.6. The molecule has 17 aromatic rings. The zero-order chi connectivity index (χ0) is 93.4. The van der Waals surface area contributed by atoms with Crippen molar-refractivity contribution in [3.05, 3.63) is 283 Å². The lowest BCUT2D eigenvalue weighted by molar-refractivity contribution is 0.590. The topological polar surface area (TPSA) is 42.6 Å². The van der Waals surface area contributed by atoms with E-state index in [-0.39, 0.29) is 77.4 Å². The van der Waals surface area contributed by atoms with Gasteiger partial charge in [-0.3, -0.25) is 0 Å². The highest BCUT2D eigenvalue weighted by molar-refractivity contribution is 7.00. The van der Waals surface area contributed by atoms with Crippen LogP contribution >= 0.6 is 0 Å². The number of para-hydroxylation sites is 6. The molecule has 0 aliphatic carbocycles. The summed E-state index contributed by atoms with van der Waals surface area (Å²) in [6.45, 7) is 14.2. The van der Waals surface area contributed by atoms with Crippen molar-refractivity contribution in [1.29, 1.82) is 0 Å². The van der Waals surface area contributed by atoms with Crippen molar-refractivity contribution in [2.24, 2.45) is 0 Å². The summed E-state index contributed by atoms with van der Waals surface area (Å²) in [6, 6.07) is -5.98. The fraction of sp³-hybridized carbons (Fsp3) is 0.133. The van der Waals surface area contributed by atoms with Gasteiger partial charge in [0.1, 0.15) is 11.2 Å². The van der Waals surface area contributed by atoms with Crippen LogP contribution in [0.15, 0.2) is 275 Å². The van der Waals surface area contributed by atoms with E-state index < -0.39 is 316 Å². The Morgan fingerprint density at radius 2 is 0.701 bits per heavy atom. The van der Waals surface area contributed by atoms with Crippen LogP contribution in [0.5, 0.6) is 0 Å². The molecule has 0 bridgehead atoms. The van der Waals surface area contributed by atoms with Crippen molar-refractivity contribution in [1.82, 2.24) is 9.13 Å². The predicted octanol–water partition coefficient (Wildman–Crippen LogP) is 23.0. The van der Waals surface area contributed by atoms with Gasteiger partial charge >= 0.3 is 0 Å². The third-order valence-electron chi connectivity index (χ3n) is 18.6. The van der Waals surface area contributed by atoms with Crippen LogP contribution in [0.2, 0.25) is 0 Å². The van der Waals surface area contributed by atoms with Crippen LogP contribution in [0.1, 0.15) is 123 Å². The van der Waals surface area contributed by atoms with Crippen molar-refractivity contribution in [3.63, 3.8) is 0 Å². The number of benzene rings is 13. The van der Waals surface area contributed by atoms with E-state index in [1.807, 2.05) is 41.5 Å². The van der Waals surface area contributed by atoms with Crippen LogP contribution in [-0.2, 0) is 16.2 Å². The summed E-state index contributed by atoms with van der Waals surface area (Å²) < 4.78 is 335. The molecule has 466 valence electrons. The largest absolute Gasteiger partial charge is 0.454 e. The van der Waals surface area contributed by atoms with Gasteiger partial charge < -0.3 is 27.8 Å². The van der Waals surface area contributed by atoms with Crippen molar-refractivity contribution >= 4 is 145 Å². The van der Waals surface area contributed by atoms with E-state index in [0.29, 0.717) is 11.1 Å². The lowest BCUT2D eigenvalue weighted by Crippen LogP contribution is -2.61. The molecule has 7 heteroatoms. The maximum atomic E-state index is 11.7. The fourth-order valence-electron chi connectivity index (χ4n) is 14.6. The molecule has 0 radical (unpaired) electrons. The molecule has 0 spiro atoms. The molecule has 0 saturated heterocycles. The lowest BCUT2D eigenvalue weighted by Gasteiger charge is -2.45. The molecule has 0 saturated carbocycles. The molecule has 0 unspecified atom stereocenters. The van der Waals surface area contributed by atoms with E-state index in [2.05, 4.69) is 0 Å². The Morgan fingerprint density at radius 3 is 1.06 bits per heavy atom. The van der Waals surface area contributed by atoms with Gasteiger partial charge in [0.05, 0.1) is 77.3 Å². The molecule has 0 N–H and O–H groups in total. The maximum absolute atomic E-state index is 11.7. The molecular weight excluding hydrogens is 1180 g/mol. The Hall–Kier alpha value is -11.3. The molecule has 2 aliphatic rings. The van der Waals surface area contributed by atoms with E-state index in [0.717, 1.165) is 9.13 Å². The second-order valence-corrected chi connectivity index (χ2v) is 27.5. The molecule has 2 aliphatic heterocycles. The van der Waals surface area contributed by atoms with Gasteiger partial charge in [0.15, 0.2) is 11.2 Å². The van der Waals surface area contributed by atoms with Crippen molar-refractivity contribution in [2.45, 2.75) is 78.6 Å². The first-order valence-electron chi connectivity index (χ1n) is 47.6. The number of hydrogen-bond donors (Lipinski definition) is 0. The predicted molar refractivity (Wildman–Crippen MR) is 411 cm³/mol.